The Morgan fingerprint density at radius 3 is 2.52 bits per heavy atom. The Labute approximate surface area is 149 Å². The summed E-state index contributed by atoms with van der Waals surface area (Å²) in [5.41, 5.74) is 3.56. The Bertz CT molecular complexity index is 744. The lowest BCUT2D eigenvalue weighted by atomic mass is 9.75. The molecule has 4 rings (SSSR count). The summed E-state index contributed by atoms with van der Waals surface area (Å²) in [7, 11) is -0.268. The van der Waals surface area contributed by atoms with Crippen molar-refractivity contribution < 1.29 is 9.31 Å². The van der Waals surface area contributed by atoms with E-state index in [4.69, 9.17) is 9.31 Å². The summed E-state index contributed by atoms with van der Waals surface area (Å²) in [5, 5.41) is 0. The van der Waals surface area contributed by atoms with Crippen LogP contribution in [0.15, 0.2) is 59.7 Å². The van der Waals surface area contributed by atoms with Crippen LogP contribution in [0.25, 0.3) is 0 Å². The molecular formula is C20H23BN2O2. The Kier molecular flexibility index (Phi) is 4.36. The van der Waals surface area contributed by atoms with Gasteiger partial charge in [0.2, 0.25) is 0 Å². The largest absolute Gasteiger partial charge is 0.493 e. The third-order valence-corrected chi connectivity index (χ3v) is 4.77. The first-order valence-electron chi connectivity index (χ1n) is 8.79. The quantitative estimate of drug-likeness (QED) is 0.874. The SMILES string of the molecule is CC1(C)COB(c2ccc(C(c3ccc[nH]3)C3C=CC=N3)cc2)OC1. The molecule has 3 heterocycles. The van der Waals surface area contributed by atoms with E-state index in [2.05, 4.69) is 60.2 Å². The van der Waals surface area contributed by atoms with Gasteiger partial charge >= 0.3 is 7.12 Å². The second-order valence-electron chi connectivity index (χ2n) is 7.56. The first-order valence-corrected chi connectivity index (χ1v) is 8.79. The van der Waals surface area contributed by atoms with Crippen LogP contribution < -0.4 is 5.46 Å². The van der Waals surface area contributed by atoms with Crippen LogP contribution >= 0.6 is 0 Å². The molecule has 2 aliphatic heterocycles. The molecule has 2 atom stereocenters. The van der Waals surface area contributed by atoms with E-state index in [9.17, 15) is 0 Å². The average Bonchev–Trinajstić information content (AvgIpc) is 3.30. The highest BCUT2D eigenvalue weighted by Crippen LogP contribution is 2.30. The molecule has 4 nitrogen and oxygen atoms in total. The monoisotopic (exact) mass is 334 g/mol. The predicted molar refractivity (Wildman–Crippen MR) is 102 cm³/mol. The minimum Gasteiger partial charge on any atom is -0.407 e. The maximum absolute atomic E-state index is 5.89. The Morgan fingerprint density at radius 2 is 1.92 bits per heavy atom. The summed E-state index contributed by atoms with van der Waals surface area (Å²) in [6.07, 6.45) is 8.00. The smallest absolute Gasteiger partial charge is 0.407 e. The number of aromatic nitrogens is 1. The number of rotatable bonds is 4. The third kappa shape index (κ3) is 3.48. The predicted octanol–water partition coefficient (Wildman–Crippen LogP) is 2.92. The third-order valence-electron chi connectivity index (χ3n) is 4.77. The van der Waals surface area contributed by atoms with Crippen molar-refractivity contribution in [2.45, 2.75) is 25.8 Å². The fourth-order valence-corrected chi connectivity index (χ4v) is 3.40. The molecular weight excluding hydrogens is 311 g/mol. The lowest BCUT2D eigenvalue weighted by molar-refractivity contribution is 0.0343. The molecule has 128 valence electrons. The topological polar surface area (TPSA) is 46.6 Å². The van der Waals surface area contributed by atoms with E-state index in [0.29, 0.717) is 13.2 Å². The molecule has 1 aromatic carbocycles. The van der Waals surface area contributed by atoms with Crippen molar-refractivity contribution >= 4 is 18.8 Å². The molecule has 2 aromatic rings. The summed E-state index contributed by atoms with van der Waals surface area (Å²) >= 11 is 0. The molecule has 1 N–H and O–H groups in total. The molecule has 2 unspecified atom stereocenters. The van der Waals surface area contributed by atoms with Gasteiger partial charge in [0.05, 0.1) is 12.0 Å². The summed E-state index contributed by atoms with van der Waals surface area (Å²) in [6.45, 7) is 5.74. The zero-order chi connectivity index (χ0) is 17.3. The minimum absolute atomic E-state index is 0.0853. The minimum atomic E-state index is -0.268. The van der Waals surface area contributed by atoms with Crippen LogP contribution in [0.5, 0.6) is 0 Å². The Morgan fingerprint density at radius 1 is 1.16 bits per heavy atom. The highest BCUT2D eigenvalue weighted by molar-refractivity contribution is 6.61. The fourth-order valence-electron chi connectivity index (χ4n) is 3.40. The van der Waals surface area contributed by atoms with Crippen LogP contribution in [0.4, 0.5) is 0 Å². The van der Waals surface area contributed by atoms with Gasteiger partial charge < -0.3 is 14.3 Å². The van der Waals surface area contributed by atoms with Gasteiger partial charge in [0, 0.05) is 36.7 Å². The Balaban J connectivity index is 1.56. The van der Waals surface area contributed by atoms with E-state index in [1.165, 1.54) is 11.3 Å². The molecule has 0 bridgehead atoms. The summed E-state index contributed by atoms with van der Waals surface area (Å²) < 4.78 is 11.8. The molecule has 25 heavy (non-hydrogen) atoms. The molecule has 0 amide bonds. The maximum Gasteiger partial charge on any atom is 0.493 e. The van der Waals surface area contributed by atoms with Crippen LogP contribution in [-0.4, -0.2) is 37.6 Å². The molecule has 0 aliphatic carbocycles. The van der Waals surface area contributed by atoms with E-state index in [0.717, 1.165) is 5.46 Å². The molecule has 0 radical (unpaired) electrons. The summed E-state index contributed by atoms with van der Waals surface area (Å²) in [6, 6.07) is 12.8. The summed E-state index contributed by atoms with van der Waals surface area (Å²) in [4.78, 5) is 7.93. The number of aliphatic imine (C=N–C) groups is 1. The lowest BCUT2D eigenvalue weighted by Crippen LogP contribution is -2.47. The average molecular weight is 334 g/mol. The molecule has 1 fully saturated rings. The van der Waals surface area contributed by atoms with Crippen LogP contribution in [0.2, 0.25) is 0 Å². The first kappa shape index (κ1) is 16.4. The van der Waals surface area contributed by atoms with Gasteiger partial charge in [-0.2, -0.15) is 0 Å². The molecule has 0 saturated carbocycles. The highest BCUT2D eigenvalue weighted by atomic mass is 16.6. The van der Waals surface area contributed by atoms with E-state index < -0.39 is 0 Å². The Hall–Kier alpha value is -2.11. The normalized spacial score (nSPS) is 23.1. The van der Waals surface area contributed by atoms with Crippen LogP contribution in [0.3, 0.4) is 0 Å². The highest BCUT2D eigenvalue weighted by Gasteiger charge is 2.33. The van der Waals surface area contributed by atoms with Crippen molar-refractivity contribution in [2.75, 3.05) is 13.2 Å². The van der Waals surface area contributed by atoms with Gasteiger partial charge in [0.15, 0.2) is 0 Å². The maximum atomic E-state index is 5.89. The zero-order valence-electron chi connectivity index (χ0n) is 14.7. The van der Waals surface area contributed by atoms with Crippen LogP contribution in [-0.2, 0) is 9.31 Å². The number of nitrogens with one attached hydrogen (secondary N) is 1. The van der Waals surface area contributed by atoms with Crippen LogP contribution in [0.1, 0.15) is 31.0 Å². The second-order valence-corrected chi connectivity index (χ2v) is 7.56. The number of aromatic amines is 1. The van der Waals surface area contributed by atoms with Crippen molar-refractivity contribution in [1.29, 1.82) is 0 Å². The van der Waals surface area contributed by atoms with Crippen molar-refractivity contribution in [3.8, 4) is 0 Å². The molecule has 0 spiro atoms. The molecule has 5 heteroatoms. The number of hydrogen-bond donors (Lipinski definition) is 1. The van der Waals surface area contributed by atoms with Gasteiger partial charge in [0.25, 0.3) is 0 Å². The fraction of sp³-hybridized carbons (Fsp3) is 0.350. The lowest BCUT2D eigenvalue weighted by Gasteiger charge is -2.33. The van der Waals surface area contributed by atoms with Gasteiger partial charge in [-0.1, -0.05) is 44.2 Å². The second kappa shape index (κ2) is 6.66. The van der Waals surface area contributed by atoms with E-state index in [1.54, 1.807) is 0 Å². The van der Waals surface area contributed by atoms with Gasteiger partial charge in [0.1, 0.15) is 0 Å². The number of hydrogen-bond acceptors (Lipinski definition) is 3. The molecule has 1 saturated heterocycles. The summed E-state index contributed by atoms with van der Waals surface area (Å²) in [5.74, 6) is 0.186. The van der Waals surface area contributed by atoms with Gasteiger partial charge in [-0.15, -0.1) is 0 Å². The van der Waals surface area contributed by atoms with Gasteiger partial charge in [-0.25, -0.2) is 0 Å². The van der Waals surface area contributed by atoms with Crippen molar-refractivity contribution in [1.82, 2.24) is 4.98 Å². The van der Waals surface area contributed by atoms with E-state index >= 15 is 0 Å². The van der Waals surface area contributed by atoms with E-state index in [1.807, 2.05) is 24.6 Å². The molecule has 2 aliphatic rings. The number of benzene rings is 1. The van der Waals surface area contributed by atoms with Crippen LogP contribution in [0, 0.1) is 5.41 Å². The van der Waals surface area contributed by atoms with Crippen molar-refractivity contribution in [3.63, 3.8) is 0 Å². The number of H-pyrrole nitrogens is 1. The first-order chi connectivity index (χ1) is 12.1. The standard InChI is InChI=1S/C20H23BN2O2/c1-20(2)13-24-21(25-14-20)16-9-7-15(8-10-16)19(17-5-3-11-22-17)18-6-4-12-23-18/h3-12,17,19,23H,13-14H2,1-2H3. The van der Waals surface area contributed by atoms with E-state index in [-0.39, 0.29) is 24.5 Å². The van der Waals surface area contributed by atoms with Crippen molar-refractivity contribution in [3.05, 3.63) is 66.0 Å². The molecule has 1 aromatic heterocycles. The number of nitrogens with zero attached hydrogens (tertiary/aromatic N) is 1. The zero-order valence-corrected chi connectivity index (χ0v) is 14.7. The van der Waals surface area contributed by atoms with Gasteiger partial charge in [-0.05, 0) is 29.2 Å². The van der Waals surface area contributed by atoms with Crippen molar-refractivity contribution in [2.24, 2.45) is 10.4 Å². The number of allylic oxidation sites excluding steroid dienone is 1. The van der Waals surface area contributed by atoms with Gasteiger partial charge in [-0.3, -0.25) is 4.99 Å².